The summed E-state index contributed by atoms with van der Waals surface area (Å²) < 4.78 is 0. The third kappa shape index (κ3) is 2.44. The predicted molar refractivity (Wildman–Crippen MR) is 68.5 cm³/mol. The summed E-state index contributed by atoms with van der Waals surface area (Å²) >= 11 is 0. The molecule has 0 radical (unpaired) electrons. The van der Waals surface area contributed by atoms with Crippen LogP contribution in [0.1, 0.15) is 11.3 Å². The molecule has 0 saturated heterocycles. The topological polar surface area (TPSA) is 83.8 Å². The van der Waals surface area contributed by atoms with Gasteiger partial charge in [0, 0.05) is 22.6 Å². The van der Waals surface area contributed by atoms with Gasteiger partial charge in [0.1, 0.15) is 0 Å². The predicted octanol–water partition coefficient (Wildman–Crippen LogP) is 1.71. The number of hydrogen-bond donors (Lipinski definition) is 3. The lowest BCUT2D eigenvalue weighted by Gasteiger charge is -2.07. The van der Waals surface area contributed by atoms with Gasteiger partial charge in [0.15, 0.2) is 0 Å². The average Bonchev–Trinajstić information content (AvgIpc) is 2.26. The molecule has 0 aliphatic carbocycles. The van der Waals surface area contributed by atoms with Gasteiger partial charge in [-0.2, -0.15) is 0 Å². The summed E-state index contributed by atoms with van der Waals surface area (Å²) in [5.41, 5.74) is 8.31. The number of nitrogens with two attached hydrogens (primary N) is 1. The molecule has 88 valence electrons. The monoisotopic (exact) mass is 230 g/mol. The Balaban J connectivity index is 2.34. The molecule has 0 saturated carbocycles. The summed E-state index contributed by atoms with van der Waals surface area (Å²) in [4.78, 5) is 18.5. The lowest BCUT2D eigenvalue weighted by atomic mass is 10.2. The molecule has 0 unspecified atom stereocenters. The molecule has 5 nitrogen and oxygen atoms in total. The van der Waals surface area contributed by atoms with Crippen molar-refractivity contribution in [3.05, 3.63) is 45.9 Å². The van der Waals surface area contributed by atoms with Crippen LogP contribution in [-0.4, -0.2) is 9.97 Å². The minimum absolute atomic E-state index is 0.135. The summed E-state index contributed by atoms with van der Waals surface area (Å²) in [7, 11) is 0. The molecule has 4 N–H and O–H groups in total. The fourth-order valence-corrected chi connectivity index (χ4v) is 1.46. The van der Waals surface area contributed by atoms with E-state index in [0.29, 0.717) is 22.9 Å². The normalized spacial score (nSPS) is 10.2. The van der Waals surface area contributed by atoms with Gasteiger partial charge >= 0.3 is 0 Å². The number of nitrogens with one attached hydrogen (secondary N) is 2. The van der Waals surface area contributed by atoms with E-state index in [1.807, 2.05) is 12.1 Å². The van der Waals surface area contributed by atoms with Gasteiger partial charge < -0.3 is 11.1 Å². The van der Waals surface area contributed by atoms with Crippen LogP contribution in [0.4, 0.5) is 17.3 Å². The molecule has 1 heterocycles. The highest BCUT2D eigenvalue weighted by atomic mass is 16.1. The zero-order chi connectivity index (χ0) is 12.4. The maximum absolute atomic E-state index is 11.6. The molecule has 1 aromatic carbocycles. The van der Waals surface area contributed by atoms with E-state index < -0.39 is 0 Å². The summed E-state index contributed by atoms with van der Waals surface area (Å²) in [6.45, 7) is 3.54. The third-order valence-corrected chi connectivity index (χ3v) is 2.54. The molecule has 2 rings (SSSR count). The first-order valence-corrected chi connectivity index (χ1v) is 5.26. The van der Waals surface area contributed by atoms with Crippen LogP contribution >= 0.6 is 0 Å². The number of aromatic nitrogens is 2. The number of nitrogens with zero attached hydrogens (tertiary/aromatic N) is 1. The van der Waals surface area contributed by atoms with Crippen LogP contribution in [0.5, 0.6) is 0 Å². The average molecular weight is 230 g/mol. The van der Waals surface area contributed by atoms with Crippen molar-refractivity contribution in [2.24, 2.45) is 0 Å². The number of hydrogen-bond acceptors (Lipinski definition) is 4. The van der Waals surface area contributed by atoms with Crippen molar-refractivity contribution in [2.45, 2.75) is 13.8 Å². The van der Waals surface area contributed by atoms with Gasteiger partial charge in [-0.25, -0.2) is 4.98 Å². The van der Waals surface area contributed by atoms with Gasteiger partial charge in [0.05, 0.1) is 0 Å². The zero-order valence-corrected chi connectivity index (χ0v) is 9.74. The smallest absolute Gasteiger partial charge is 0.255 e. The standard InChI is InChI=1S/C12H14N4O/c1-7-8(2)14-12(16-11(7)17)15-10-5-3-4-9(13)6-10/h3-6H,13H2,1-2H3,(H2,14,15,16,17). The molecule has 0 aliphatic rings. The Hall–Kier alpha value is -2.30. The molecule has 0 bridgehead atoms. The van der Waals surface area contributed by atoms with Crippen molar-refractivity contribution in [3.8, 4) is 0 Å². The molecule has 0 aliphatic heterocycles. The van der Waals surface area contributed by atoms with Crippen LogP contribution in [0.25, 0.3) is 0 Å². The molecular formula is C12H14N4O. The fourth-order valence-electron chi connectivity index (χ4n) is 1.46. The maximum atomic E-state index is 11.6. The van der Waals surface area contributed by atoms with E-state index in [2.05, 4.69) is 15.3 Å². The lowest BCUT2D eigenvalue weighted by Crippen LogP contribution is -2.15. The number of rotatable bonds is 2. The molecule has 1 aromatic heterocycles. The second-order valence-corrected chi connectivity index (χ2v) is 3.88. The quantitative estimate of drug-likeness (QED) is 0.686. The highest BCUT2D eigenvalue weighted by Crippen LogP contribution is 2.15. The van der Waals surface area contributed by atoms with Gasteiger partial charge in [-0.1, -0.05) is 6.07 Å². The van der Waals surface area contributed by atoms with Crippen LogP contribution in [-0.2, 0) is 0 Å². The number of anilines is 3. The molecule has 2 aromatic rings. The van der Waals surface area contributed by atoms with Crippen LogP contribution in [0.2, 0.25) is 0 Å². The Morgan fingerprint density at radius 1 is 1.35 bits per heavy atom. The Morgan fingerprint density at radius 3 is 2.76 bits per heavy atom. The van der Waals surface area contributed by atoms with Gasteiger partial charge in [-0.15, -0.1) is 0 Å². The SMILES string of the molecule is Cc1nc(Nc2cccc(N)c2)[nH]c(=O)c1C. The van der Waals surface area contributed by atoms with E-state index in [4.69, 9.17) is 5.73 Å². The first kappa shape index (κ1) is 11.2. The fraction of sp³-hybridized carbons (Fsp3) is 0.167. The van der Waals surface area contributed by atoms with Gasteiger partial charge in [0.25, 0.3) is 5.56 Å². The minimum atomic E-state index is -0.135. The van der Waals surface area contributed by atoms with E-state index in [1.54, 1.807) is 26.0 Å². The van der Waals surface area contributed by atoms with Crippen molar-refractivity contribution < 1.29 is 0 Å². The minimum Gasteiger partial charge on any atom is -0.399 e. The van der Waals surface area contributed by atoms with E-state index in [-0.39, 0.29) is 5.56 Å². The Labute approximate surface area is 98.7 Å². The van der Waals surface area contributed by atoms with Crippen LogP contribution in [0.3, 0.4) is 0 Å². The van der Waals surface area contributed by atoms with Crippen molar-refractivity contribution in [2.75, 3.05) is 11.1 Å². The van der Waals surface area contributed by atoms with Crippen LogP contribution in [0, 0.1) is 13.8 Å². The summed E-state index contributed by atoms with van der Waals surface area (Å²) in [6, 6.07) is 7.25. The molecule has 17 heavy (non-hydrogen) atoms. The lowest BCUT2D eigenvalue weighted by molar-refractivity contribution is 1.03. The maximum Gasteiger partial charge on any atom is 0.255 e. The second kappa shape index (κ2) is 4.29. The van der Waals surface area contributed by atoms with Gasteiger partial charge in [-0.05, 0) is 32.0 Å². The summed E-state index contributed by atoms with van der Waals surface area (Å²) in [6.07, 6.45) is 0. The van der Waals surface area contributed by atoms with Crippen molar-refractivity contribution in [1.82, 2.24) is 9.97 Å². The Morgan fingerprint density at radius 2 is 2.12 bits per heavy atom. The number of H-pyrrole nitrogens is 1. The molecule has 0 atom stereocenters. The molecule has 0 amide bonds. The van der Waals surface area contributed by atoms with Crippen LogP contribution < -0.4 is 16.6 Å². The van der Waals surface area contributed by atoms with E-state index >= 15 is 0 Å². The number of aryl methyl sites for hydroxylation is 1. The van der Waals surface area contributed by atoms with E-state index in [9.17, 15) is 4.79 Å². The summed E-state index contributed by atoms with van der Waals surface area (Å²) in [5, 5.41) is 3.01. The zero-order valence-electron chi connectivity index (χ0n) is 9.74. The molecular weight excluding hydrogens is 216 g/mol. The second-order valence-electron chi connectivity index (χ2n) is 3.88. The first-order valence-electron chi connectivity index (χ1n) is 5.26. The Kier molecular flexibility index (Phi) is 2.82. The number of aromatic amines is 1. The highest BCUT2D eigenvalue weighted by molar-refractivity contribution is 5.59. The van der Waals surface area contributed by atoms with Gasteiger partial charge in [0.2, 0.25) is 5.95 Å². The van der Waals surface area contributed by atoms with Crippen LogP contribution in [0.15, 0.2) is 29.1 Å². The van der Waals surface area contributed by atoms with E-state index in [1.165, 1.54) is 0 Å². The third-order valence-electron chi connectivity index (χ3n) is 2.54. The van der Waals surface area contributed by atoms with E-state index in [0.717, 1.165) is 5.69 Å². The molecule has 5 heteroatoms. The first-order chi connectivity index (χ1) is 8.06. The van der Waals surface area contributed by atoms with Crippen molar-refractivity contribution >= 4 is 17.3 Å². The highest BCUT2D eigenvalue weighted by Gasteiger charge is 2.03. The molecule has 0 fully saturated rings. The Bertz CT molecular complexity index is 604. The largest absolute Gasteiger partial charge is 0.399 e. The van der Waals surface area contributed by atoms with Crippen molar-refractivity contribution in [1.29, 1.82) is 0 Å². The summed E-state index contributed by atoms with van der Waals surface area (Å²) in [5.74, 6) is 0.420. The van der Waals surface area contributed by atoms with Crippen molar-refractivity contribution in [3.63, 3.8) is 0 Å². The number of benzene rings is 1. The van der Waals surface area contributed by atoms with Gasteiger partial charge in [-0.3, -0.25) is 9.78 Å². The molecule has 0 spiro atoms. The number of nitrogen functional groups attached to an aromatic ring is 1.